The van der Waals surface area contributed by atoms with Crippen LogP contribution >= 0.6 is 0 Å². The number of ether oxygens (including phenoxy) is 1. The highest BCUT2D eigenvalue weighted by Crippen LogP contribution is 2.36. The molecule has 2 aliphatic rings. The van der Waals surface area contributed by atoms with E-state index in [0.29, 0.717) is 64.4 Å². The largest absolute Gasteiger partial charge is 0.496 e. The molecule has 1 aromatic carbocycles. The SMILES string of the molecule is COc1cc(-c2nn([C@@H]3CCN(C(=O)/C=C/CN(C)C4CC4)C3)c3ncnc(N)c23)ccc1C(=O)Nc1cc(C)ccn1. The van der Waals surface area contributed by atoms with E-state index >= 15 is 0 Å². The van der Waals surface area contributed by atoms with Gasteiger partial charge in [-0.15, -0.1) is 0 Å². The van der Waals surface area contributed by atoms with Gasteiger partial charge in [-0.2, -0.15) is 5.10 Å². The van der Waals surface area contributed by atoms with Crippen LogP contribution in [0.2, 0.25) is 0 Å². The standard InChI is InChI=1S/C31H35N9O3/c1-19-10-12-33-25(15-19)36-31(42)23-9-6-20(16-24(23)43-3)28-27-29(32)34-18-35-30(27)40(37-28)22-11-14-39(17-22)26(41)5-4-13-38(2)21-7-8-21/h4-6,9-10,12,15-16,18,21-22H,7-8,11,13-14,17H2,1-3H3,(H2,32,34,35)(H,33,36,42)/b5-4+/t22-/m1/s1. The lowest BCUT2D eigenvalue weighted by atomic mass is 10.1. The van der Waals surface area contributed by atoms with E-state index in [1.807, 2.05) is 28.6 Å². The Kier molecular flexibility index (Phi) is 7.76. The molecule has 0 bridgehead atoms. The fraction of sp³-hybridized carbons (Fsp3) is 0.355. The molecule has 1 atom stereocenters. The maximum absolute atomic E-state index is 13.1. The van der Waals surface area contributed by atoms with Gasteiger partial charge in [-0.05, 0) is 63.1 Å². The first kappa shape index (κ1) is 28.3. The normalized spacial score (nSPS) is 16.8. The number of amides is 2. The van der Waals surface area contributed by atoms with Crippen molar-refractivity contribution in [3.05, 3.63) is 66.1 Å². The molecule has 222 valence electrons. The third-order valence-corrected chi connectivity index (χ3v) is 8.04. The third kappa shape index (κ3) is 5.91. The van der Waals surface area contributed by atoms with Crippen molar-refractivity contribution in [2.45, 2.75) is 38.3 Å². The monoisotopic (exact) mass is 581 g/mol. The van der Waals surface area contributed by atoms with Crippen LogP contribution in [-0.2, 0) is 4.79 Å². The molecule has 1 saturated carbocycles. The van der Waals surface area contributed by atoms with Crippen molar-refractivity contribution in [2.75, 3.05) is 44.8 Å². The minimum Gasteiger partial charge on any atom is -0.496 e. The number of pyridine rings is 1. The number of nitrogens with zero attached hydrogens (tertiary/aromatic N) is 7. The number of nitrogen functional groups attached to an aromatic ring is 1. The maximum Gasteiger partial charge on any atom is 0.260 e. The van der Waals surface area contributed by atoms with Gasteiger partial charge >= 0.3 is 0 Å². The van der Waals surface area contributed by atoms with Crippen molar-refractivity contribution >= 4 is 34.5 Å². The average Bonchev–Trinajstić information content (AvgIpc) is 3.61. The summed E-state index contributed by atoms with van der Waals surface area (Å²) < 4.78 is 7.46. The number of aromatic nitrogens is 5. The molecule has 3 aromatic heterocycles. The predicted octanol–water partition coefficient (Wildman–Crippen LogP) is 3.46. The molecule has 43 heavy (non-hydrogen) atoms. The highest BCUT2D eigenvalue weighted by molar-refractivity contribution is 6.06. The highest BCUT2D eigenvalue weighted by Gasteiger charge is 2.31. The van der Waals surface area contributed by atoms with E-state index in [0.717, 1.165) is 18.5 Å². The second-order valence-electron chi connectivity index (χ2n) is 11.1. The number of anilines is 2. The van der Waals surface area contributed by atoms with E-state index in [4.69, 9.17) is 15.6 Å². The van der Waals surface area contributed by atoms with Gasteiger partial charge in [-0.3, -0.25) is 14.5 Å². The first-order valence-electron chi connectivity index (χ1n) is 14.4. The number of nitrogens with one attached hydrogen (secondary N) is 1. The van der Waals surface area contributed by atoms with Crippen molar-refractivity contribution in [1.82, 2.24) is 34.5 Å². The van der Waals surface area contributed by atoms with Crippen molar-refractivity contribution < 1.29 is 14.3 Å². The maximum atomic E-state index is 13.1. The smallest absolute Gasteiger partial charge is 0.260 e. The Labute approximate surface area is 249 Å². The van der Waals surface area contributed by atoms with Crippen molar-refractivity contribution in [3.8, 4) is 17.0 Å². The molecule has 4 heterocycles. The molecule has 6 rings (SSSR count). The number of rotatable bonds is 9. The summed E-state index contributed by atoms with van der Waals surface area (Å²) in [5, 5.41) is 8.37. The van der Waals surface area contributed by atoms with Crippen LogP contribution in [0.15, 0.2) is 55.0 Å². The molecule has 0 spiro atoms. The molecular weight excluding hydrogens is 546 g/mol. The number of fused-ring (bicyclic) bond motifs is 1. The molecule has 3 N–H and O–H groups in total. The predicted molar refractivity (Wildman–Crippen MR) is 164 cm³/mol. The van der Waals surface area contributed by atoms with Crippen LogP contribution in [0.5, 0.6) is 5.75 Å². The van der Waals surface area contributed by atoms with Crippen LogP contribution in [0, 0.1) is 6.92 Å². The number of benzene rings is 1. The Morgan fingerprint density at radius 3 is 2.77 bits per heavy atom. The summed E-state index contributed by atoms with van der Waals surface area (Å²) in [6.07, 6.45) is 9.88. The number of carbonyl (C=O) groups is 2. The summed E-state index contributed by atoms with van der Waals surface area (Å²) in [6, 6.07) is 9.47. The summed E-state index contributed by atoms with van der Waals surface area (Å²) in [5.41, 5.74) is 9.55. The van der Waals surface area contributed by atoms with Crippen molar-refractivity contribution in [1.29, 1.82) is 0 Å². The molecule has 12 heteroatoms. The Balaban J connectivity index is 1.25. The lowest BCUT2D eigenvalue weighted by Crippen LogP contribution is -2.28. The number of carbonyl (C=O) groups excluding carboxylic acids is 2. The van der Waals surface area contributed by atoms with E-state index in [-0.39, 0.29) is 17.9 Å². The number of hydrogen-bond donors (Lipinski definition) is 2. The Morgan fingerprint density at radius 2 is 2.00 bits per heavy atom. The first-order valence-corrected chi connectivity index (χ1v) is 14.4. The summed E-state index contributed by atoms with van der Waals surface area (Å²) in [5.74, 6) is 0.778. The molecule has 2 fully saturated rings. The molecule has 1 saturated heterocycles. The summed E-state index contributed by atoms with van der Waals surface area (Å²) in [6.45, 7) is 3.83. The van der Waals surface area contributed by atoms with Crippen LogP contribution in [0.1, 0.15) is 41.2 Å². The number of aryl methyl sites for hydroxylation is 1. The van der Waals surface area contributed by atoms with Crippen LogP contribution in [-0.4, -0.2) is 86.2 Å². The van der Waals surface area contributed by atoms with Crippen molar-refractivity contribution in [3.63, 3.8) is 0 Å². The molecule has 0 radical (unpaired) electrons. The summed E-state index contributed by atoms with van der Waals surface area (Å²) in [4.78, 5) is 43.1. The number of nitrogens with two attached hydrogens (primary N) is 1. The van der Waals surface area contributed by atoms with E-state index in [1.54, 1.807) is 36.5 Å². The Hall–Kier alpha value is -4.84. The van der Waals surface area contributed by atoms with Gasteiger partial charge in [0, 0.05) is 43.5 Å². The molecule has 1 aliphatic carbocycles. The van der Waals surface area contributed by atoms with E-state index in [2.05, 4.69) is 32.2 Å². The van der Waals surface area contributed by atoms with Gasteiger partial charge in [-0.1, -0.05) is 12.1 Å². The zero-order valence-electron chi connectivity index (χ0n) is 24.5. The zero-order valence-corrected chi connectivity index (χ0v) is 24.5. The third-order valence-electron chi connectivity index (χ3n) is 8.04. The van der Waals surface area contributed by atoms with Crippen LogP contribution in [0.4, 0.5) is 11.6 Å². The van der Waals surface area contributed by atoms with Gasteiger partial charge in [-0.25, -0.2) is 19.6 Å². The first-order chi connectivity index (χ1) is 20.8. The van der Waals surface area contributed by atoms with Gasteiger partial charge in [0.15, 0.2) is 5.65 Å². The van der Waals surface area contributed by atoms with Crippen LogP contribution in [0.3, 0.4) is 0 Å². The Bertz CT molecular complexity index is 1710. The lowest BCUT2D eigenvalue weighted by Gasteiger charge is -2.16. The number of likely N-dealkylation sites (N-methyl/N-ethyl adjacent to an activating group) is 1. The second-order valence-corrected chi connectivity index (χ2v) is 11.1. The van der Waals surface area contributed by atoms with Gasteiger partial charge in [0.1, 0.15) is 29.4 Å². The highest BCUT2D eigenvalue weighted by atomic mass is 16.5. The number of likely N-dealkylation sites (tertiary alicyclic amines) is 1. The Morgan fingerprint density at radius 1 is 1.16 bits per heavy atom. The molecular formula is C31H35N9O3. The lowest BCUT2D eigenvalue weighted by molar-refractivity contribution is -0.125. The summed E-state index contributed by atoms with van der Waals surface area (Å²) in [7, 11) is 3.60. The fourth-order valence-electron chi connectivity index (χ4n) is 5.50. The summed E-state index contributed by atoms with van der Waals surface area (Å²) >= 11 is 0. The molecule has 0 unspecified atom stereocenters. The topological polar surface area (TPSA) is 144 Å². The van der Waals surface area contributed by atoms with Crippen LogP contribution in [0.25, 0.3) is 22.3 Å². The van der Waals surface area contributed by atoms with Gasteiger partial charge in [0.2, 0.25) is 5.91 Å². The average molecular weight is 582 g/mol. The fourth-order valence-corrected chi connectivity index (χ4v) is 5.50. The van der Waals surface area contributed by atoms with Gasteiger partial charge in [0.05, 0.1) is 24.1 Å². The van der Waals surface area contributed by atoms with Crippen molar-refractivity contribution in [2.24, 2.45) is 0 Å². The molecule has 1 aliphatic heterocycles. The molecule has 12 nitrogen and oxygen atoms in total. The van der Waals surface area contributed by atoms with E-state index in [9.17, 15) is 9.59 Å². The minimum absolute atomic E-state index is 0.00279. The van der Waals surface area contributed by atoms with Gasteiger partial charge < -0.3 is 20.7 Å². The minimum atomic E-state index is -0.344. The second kappa shape index (κ2) is 11.8. The molecule has 2 amide bonds. The zero-order chi connectivity index (χ0) is 30.1. The van der Waals surface area contributed by atoms with Gasteiger partial charge in [0.25, 0.3) is 5.91 Å². The van der Waals surface area contributed by atoms with E-state index in [1.165, 1.54) is 26.3 Å². The number of methoxy groups -OCH3 is 1. The number of hydrogen-bond acceptors (Lipinski definition) is 9. The van der Waals surface area contributed by atoms with E-state index < -0.39 is 0 Å². The van der Waals surface area contributed by atoms with Crippen LogP contribution < -0.4 is 15.8 Å². The quantitative estimate of drug-likeness (QED) is 0.284. The molecule has 4 aromatic rings.